The first-order valence-electron chi connectivity index (χ1n) is 8.33. The number of halogens is 2. The number of hydrogen-bond acceptors (Lipinski definition) is 2. The molecular weight excluding hydrogens is 352 g/mol. The summed E-state index contributed by atoms with van der Waals surface area (Å²) in [4.78, 5) is 26.9. The van der Waals surface area contributed by atoms with Crippen LogP contribution in [0.4, 0.5) is 19.3 Å². The molecule has 0 bridgehead atoms. The minimum absolute atomic E-state index is 0.124. The SMILES string of the molecule is O=C(NCc1cccc(F)c1)C1c2cccn2C(=O)N1c1ccc(F)cc1. The first kappa shape index (κ1) is 17.0. The molecule has 0 saturated heterocycles. The standard InChI is InChI=1S/C20H15F2N3O2/c21-14-6-8-16(9-7-14)25-18(17-5-2-10-24(17)20(25)27)19(26)23-12-13-3-1-4-15(22)11-13/h1-11,18H,12H2,(H,23,26). The molecule has 0 aliphatic carbocycles. The second-order valence-electron chi connectivity index (χ2n) is 6.18. The first-order valence-corrected chi connectivity index (χ1v) is 8.33. The first-order chi connectivity index (χ1) is 13.0. The summed E-state index contributed by atoms with van der Waals surface area (Å²) >= 11 is 0. The summed E-state index contributed by atoms with van der Waals surface area (Å²) in [6.45, 7) is 0.124. The number of anilines is 1. The minimum Gasteiger partial charge on any atom is -0.350 e. The zero-order valence-electron chi connectivity index (χ0n) is 14.1. The summed E-state index contributed by atoms with van der Waals surface area (Å²) in [5, 5.41) is 2.74. The number of hydrogen-bond donors (Lipinski definition) is 1. The molecule has 0 radical (unpaired) electrons. The monoisotopic (exact) mass is 367 g/mol. The number of rotatable bonds is 4. The van der Waals surface area contributed by atoms with E-state index in [-0.39, 0.29) is 12.4 Å². The summed E-state index contributed by atoms with van der Waals surface area (Å²) in [6, 6.07) is 13.4. The molecule has 1 unspecified atom stereocenters. The number of carbonyl (C=O) groups is 2. The zero-order chi connectivity index (χ0) is 19.0. The summed E-state index contributed by atoms with van der Waals surface area (Å²) in [5.41, 5.74) is 1.54. The molecule has 2 amide bonds. The molecule has 136 valence electrons. The Kier molecular flexibility index (Phi) is 4.19. The van der Waals surface area contributed by atoms with Gasteiger partial charge in [0, 0.05) is 18.4 Å². The highest BCUT2D eigenvalue weighted by Gasteiger charge is 2.41. The van der Waals surface area contributed by atoms with E-state index in [0.717, 1.165) is 0 Å². The summed E-state index contributed by atoms with van der Waals surface area (Å²) < 4.78 is 28.0. The van der Waals surface area contributed by atoms with Gasteiger partial charge in [-0.15, -0.1) is 0 Å². The van der Waals surface area contributed by atoms with Crippen molar-refractivity contribution in [3.8, 4) is 0 Å². The molecule has 0 saturated carbocycles. The van der Waals surface area contributed by atoms with Gasteiger partial charge in [0.05, 0.1) is 5.69 Å². The maximum atomic E-state index is 13.3. The van der Waals surface area contributed by atoms with E-state index in [9.17, 15) is 18.4 Å². The molecule has 2 aromatic carbocycles. The average molecular weight is 367 g/mol. The molecule has 4 rings (SSSR count). The second kappa shape index (κ2) is 6.68. The van der Waals surface area contributed by atoms with Crippen molar-refractivity contribution >= 4 is 17.6 Å². The van der Waals surface area contributed by atoms with Crippen molar-refractivity contribution in [1.82, 2.24) is 9.88 Å². The maximum absolute atomic E-state index is 13.3. The number of fused-ring (bicyclic) bond motifs is 1. The van der Waals surface area contributed by atoms with Gasteiger partial charge in [0.1, 0.15) is 11.6 Å². The fourth-order valence-electron chi connectivity index (χ4n) is 3.20. The topological polar surface area (TPSA) is 54.3 Å². The Labute approximate surface area is 153 Å². The lowest BCUT2D eigenvalue weighted by Crippen LogP contribution is -2.39. The Hall–Kier alpha value is -3.48. The van der Waals surface area contributed by atoms with Gasteiger partial charge in [0.25, 0.3) is 0 Å². The van der Waals surface area contributed by atoms with Gasteiger partial charge in [-0.1, -0.05) is 12.1 Å². The van der Waals surface area contributed by atoms with Crippen molar-refractivity contribution < 1.29 is 18.4 Å². The molecule has 5 nitrogen and oxygen atoms in total. The van der Waals surface area contributed by atoms with Gasteiger partial charge in [-0.2, -0.15) is 0 Å². The Bertz CT molecular complexity index is 1010. The van der Waals surface area contributed by atoms with Crippen molar-refractivity contribution in [3.63, 3.8) is 0 Å². The number of benzene rings is 2. The van der Waals surface area contributed by atoms with Gasteiger partial charge in [0.2, 0.25) is 5.91 Å². The van der Waals surface area contributed by atoms with Crippen molar-refractivity contribution in [2.45, 2.75) is 12.6 Å². The molecule has 0 fully saturated rings. The van der Waals surface area contributed by atoms with E-state index in [1.165, 1.54) is 45.9 Å². The minimum atomic E-state index is -0.897. The number of nitrogens with zero attached hydrogens (tertiary/aromatic N) is 2. The van der Waals surface area contributed by atoms with Gasteiger partial charge in [-0.3, -0.25) is 14.3 Å². The van der Waals surface area contributed by atoms with E-state index >= 15 is 0 Å². The third kappa shape index (κ3) is 3.08. The van der Waals surface area contributed by atoms with E-state index in [0.29, 0.717) is 16.9 Å². The van der Waals surface area contributed by atoms with Gasteiger partial charge in [-0.25, -0.2) is 13.6 Å². The van der Waals surface area contributed by atoms with Gasteiger partial charge >= 0.3 is 6.03 Å². The predicted molar refractivity (Wildman–Crippen MR) is 95.1 cm³/mol. The second-order valence-corrected chi connectivity index (χ2v) is 6.18. The number of carbonyl (C=O) groups excluding carboxylic acids is 2. The Balaban J connectivity index is 1.62. The van der Waals surface area contributed by atoms with Crippen LogP contribution < -0.4 is 10.2 Å². The van der Waals surface area contributed by atoms with Gasteiger partial charge in [-0.05, 0) is 54.1 Å². The summed E-state index contributed by atoms with van der Waals surface area (Å²) in [7, 11) is 0. The van der Waals surface area contributed by atoms with Crippen LogP contribution in [-0.4, -0.2) is 16.5 Å². The molecule has 1 N–H and O–H groups in total. The third-order valence-corrected chi connectivity index (χ3v) is 4.44. The predicted octanol–water partition coefficient (Wildman–Crippen LogP) is 3.61. The van der Waals surface area contributed by atoms with Crippen LogP contribution in [0.1, 0.15) is 17.3 Å². The van der Waals surface area contributed by atoms with Crippen LogP contribution in [0, 0.1) is 11.6 Å². The molecule has 3 aromatic rings. The molecule has 1 aromatic heterocycles. The molecule has 27 heavy (non-hydrogen) atoms. The fourth-order valence-corrected chi connectivity index (χ4v) is 3.20. The maximum Gasteiger partial charge on any atom is 0.333 e. The van der Waals surface area contributed by atoms with E-state index < -0.39 is 23.8 Å². The Morgan fingerprint density at radius 3 is 2.52 bits per heavy atom. The van der Waals surface area contributed by atoms with Crippen molar-refractivity contribution in [2.24, 2.45) is 0 Å². The normalized spacial score (nSPS) is 15.7. The molecule has 0 spiro atoms. The van der Waals surface area contributed by atoms with Crippen molar-refractivity contribution in [2.75, 3.05) is 4.90 Å². The number of amides is 2. The fraction of sp³-hybridized carbons (Fsp3) is 0.100. The number of aromatic nitrogens is 1. The van der Waals surface area contributed by atoms with Crippen LogP contribution in [0.3, 0.4) is 0 Å². The lowest BCUT2D eigenvalue weighted by atomic mass is 10.1. The van der Waals surface area contributed by atoms with Crippen LogP contribution in [-0.2, 0) is 11.3 Å². The van der Waals surface area contributed by atoms with E-state index in [1.807, 2.05) is 0 Å². The molecule has 1 aliphatic rings. The van der Waals surface area contributed by atoms with Crippen LogP contribution in [0.15, 0.2) is 66.9 Å². The summed E-state index contributed by atoms with van der Waals surface area (Å²) in [5.74, 6) is -1.23. The Morgan fingerprint density at radius 1 is 1.00 bits per heavy atom. The van der Waals surface area contributed by atoms with Crippen LogP contribution in [0.25, 0.3) is 0 Å². The van der Waals surface area contributed by atoms with Gasteiger partial charge in [0.15, 0.2) is 6.04 Å². The van der Waals surface area contributed by atoms with Crippen molar-refractivity contribution in [1.29, 1.82) is 0 Å². The molecule has 1 aliphatic heterocycles. The highest BCUT2D eigenvalue weighted by molar-refractivity contribution is 6.05. The van der Waals surface area contributed by atoms with Crippen molar-refractivity contribution in [3.05, 3.63) is 89.8 Å². The highest BCUT2D eigenvalue weighted by atomic mass is 19.1. The third-order valence-electron chi connectivity index (χ3n) is 4.44. The molecule has 1 atom stereocenters. The lowest BCUT2D eigenvalue weighted by Gasteiger charge is -2.23. The quantitative estimate of drug-likeness (QED) is 0.766. The van der Waals surface area contributed by atoms with Gasteiger partial charge < -0.3 is 5.32 Å². The van der Waals surface area contributed by atoms with E-state index in [4.69, 9.17) is 0 Å². The zero-order valence-corrected chi connectivity index (χ0v) is 14.1. The molecular formula is C20H15F2N3O2. The average Bonchev–Trinajstić information content (AvgIpc) is 3.23. The van der Waals surface area contributed by atoms with E-state index in [1.54, 1.807) is 30.5 Å². The summed E-state index contributed by atoms with van der Waals surface area (Å²) in [6.07, 6.45) is 1.58. The van der Waals surface area contributed by atoms with Crippen LogP contribution >= 0.6 is 0 Å². The highest BCUT2D eigenvalue weighted by Crippen LogP contribution is 2.34. The Morgan fingerprint density at radius 2 is 1.78 bits per heavy atom. The number of nitrogens with one attached hydrogen (secondary N) is 1. The molecule has 7 heteroatoms. The van der Waals surface area contributed by atoms with Crippen LogP contribution in [0.5, 0.6) is 0 Å². The lowest BCUT2D eigenvalue weighted by molar-refractivity contribution is -0.122. The van der Waals surface area contributed by atoms with Crippen LogP contribution in [0.2, 0.25) is 0 Å². The van der Waals surface area contributed by atoms with E-state index in [2.05, 4.69) is 5.32 Å². The largest absolute Gasteiger partial charge is 0.350 e. The smallest absolute Gasteiger partial charge is 0.333 e. The molecule has 2 heterocycles.